The van der Waals surface area contributed by atoms with Crippen LogP contribution in [0.5, 0.6) is 0 Å². The Morgan fingerprint density at radius 2 is 1.54 bits per heavy atom. The van der Waals surface area contributed by atoms with E-state index in [2.05, 4.69) is 19.1 Å². The van der Waals surface area contributed by atoms with Crippen LogP contribution >= 0.6 is 0 Å². The molecule has 0 saturated carbocycles. The molecule has 0 radical (unpaired) electrons. The zero-order chi connectivity index (χ0) is 17.8. The van der Waals surface area contributed by atoms with Gasteiger partial charge in [0.05, 0.1) is 0 Å². The summed E-state index contributed by atoms with van der Waals surface area (Å²) in [6.07, 6.45) is 8.55. The van der Waals surface area contributed by atoms with Gasteiger partial charge in [-0.1, -0.05) is 63.3 Å². The van der Waals surface area contributed by atoms with Crippen molar-refractivity contribution in [2.24, 2.45) is 0 Å². The molecule has 24 heavy (non-hydrogen) atoms. The highest BCUT2D eigenvalue weighted by Gasteiger charge is 2.28. The Balaban J connectivity index is 2.30. The van der Waals surface area contributed by atoms with Gasteiger partial charge in [-0.2, -0.15) is 0 Å². The Kier molecular flexibility index (Phi) is 10.3. The number of hydrogen-bond acceptors (Lipinski definition) is 4. The fraction of sp³-hybridized carbons (Fsp3) is 0.684. The second kappa shape index (κ2) is 12.0. The highest BCUT2D eigenvalue weighted by molar-refractivity contribution is 5.22. The molecule has 0 heterocycles. The first-order valence-corrected chi connectivity index (χ1v) is 9.08. The summed E-state index contributed by atoms with van der Waals surface area (Å²) in [6, 6.07) is 6.96. The minimum atomic E-state index is -1.29. The lowest BCUT2D eigenvalue weighted by atomic mass is 10.00. The predicted molar refractivity (Wildman–Crippen MR) is 95.7 cm³/mol. The number of benzene rings is 1. The van der Waals surface area contributed by atoms with Gasteiger partial charge in [0.25, 0.3) is 6.04 Å². The fourth-order valence-electron chi connectivity index (χ4n) is 2.82. The molecule has 1 rings (SSSR count). The maximum atomic E-state index is 10.7. The van der Waals surface area contributed by atoms with E-state index in [9.17, 15) is 15.2 Å². The Bertz CT molecular complexity index is 461. The maximum absolute atomic E-state index is 10.7. The van der Waals surface area contributed by atoms with Gasteiger partial charge in [-0.05, 0) is 36.8 Å². The van der Waals surface area contributed by atoms with Gasteiger partial charge in [0, 0.05) is 4.92 Å². The van der Waals surface area contributed by atoms with E-state index in [1.165, 1.54) is 44.1 Å². The number of hydrogen-bond donors (Lipinski definition) is 2. The Labute approximate surface area is 144 Å². The number of rotatable bonds is 13. The molecule has 1 aromatic carbocycles. The van der Waals surface area contributed by atoms with E-state index in [1.54, 1.807) is 0 Å². The van der Waals surface area contributed by atoms with Crippen LogP contribution in [-0.4, -0.2) is 33.9 Å². The van der Waals surface area contributed by atoms with Crippen molar-refractivity contribution in [1.82, 2.24) is 0 Å². The molecule has 2 N–H and O–H groups in total. The van der Waals surface area contributed by atoms with Gasteiger partial charge in [0.1, 0.15) is 12.7 Å². The smallest absolute Gasteiger partial charge is 0.261 e. The van der Waals surface area contributed by atoms with Crippen LogP contribution in [0.15, 0.2) is 24.3 Å². The quantitative estimate of drug-likeness (QED) is 0.328. The molecule has 2 atom stereocenters. The molecule has 0 amide bonds. The van der Waals surface area contributed by atoms with Crippen molar-refractivity contribution in [3.05, 3.63) is 45.5 Å². The van der Waals surface area contributed by atoms with Crippen LogP contribution in [0, 0.1) is 10.1 Å². The van der Waals surface area contributed by atoms with Crippen molar-refractivity contribution in [3.8, 4) is 0 Å². The van der Waals surface area contributed by atoms with Crippen LogP contribution in [0.25, 0.3) is 0 Å². The fourth-order valence-corrected chi connectivity index (χ4v) is 2.82. The molecular formula is C19H31NO4. The zero-order valence-corrected chi connectivity index (χ0v) is 14.7. The Hall–Kier alpha value is -1.46. The molecule has 136 valence electrons. The van der Waals surface area contributed by atoms with E-state index in [4.69, 9.17) is 5.11 Å². The number of nitro groups is 1. The van der Waals surface area contributed by atoms with E-state index >= 15 is 0 Å². The van der Waals surface area contributed by atoms with Gasteiger partial charge < -0.3 is 10.2 Å². The number of unbranched alkanes of at least 4 members (excludes halogenated alkanes) is 5. The third kappa shape index (κ3) is 7.88. The molecule has 0 fully saturated rings. The summed E-state index contributed by atoms with van der Waals surface area (Å²) >= 11 is 0. The normalized spacial score (nSPS) is 13.6. The Morgan fingerprint density at radius 1 is 1.00 bits per heavy atom. The lowest BCUT2D eigenvalue weighted by Crippen LogP contribution is -2.37. The van der Waals surface area contributed by atoms with Gasteiger partial charge in [0.15, 0.2) is 0 Å². The third-order valence-corrected chi connectivity index (χ3v) is 4.47. The predicted octanol–water partition coefficient (Wildman–Crippen LogP) is 3.52. The van der Waals surface area contributed by atoms with Gasteiger partial charge in [-0.15, -0.1) is 0 Å². The zero-order valence-electron chi connectivity index (χ0n) is 14.7. The Morgan fingerprint density at radius 3 is 2.08 bits per heavy atom. The largest absolute Gasteiger partial charge is 0.389 e. The van der Waals surface area contributed by atoms with Crippen LogP contribution in [0.2, 0.25) is 0 Å². The van der Waals surface area contributed by atoms with Crippen LogP contribution in [0.1, 0.15) is 63.0 Å². The van der Waals surface area contributed by atoms with E-state index in [1.807, 2.05) is 12.1 Å². The first-order chi connectivity index (χ1) is 11.6. The summed E-state index contributed by atoms with van der Waals surface area (Å²) in [4.78, 5) is 10.1. The molecule has 1 aromatic rings. The lowest BCUT2D eigenvalue weighted by molar-refractivity contribution is -0.537. The first-order valence-electron chi connectivity index (χ1n) is 9.08. The number of aliphatic hydroxyl groups excluding tert-OH is 2. The van der Waals surface area contributed by atoms with Crippen molar-refractivity contribution in [3.63, 3.8) is 0 Å². The molecule has 0 aliphatic rings. The van der Waals surface area contributed by atoms with Gasteiger partial charge in [0.2, 0.25) is 0 Å². The van der Waals surface area contributed by atoms with E-state index < -0.39 is 23.7 Å². The minimum Gasteiger partial charge on any atom is -0.389 e. The minimum absolute atomic E-state index is 0.281. The van der Waals surface area contributed by atoms with E-state index in [0.29, 0.717) is 6.42 Å². The SMILES string of the molecule is CCCCCCCCc1ccc(CCC(O)C(CO)[N+](=O)[O-])cc1. The van der Waals surface area contributed by atoms with Crippen LogP contribution < -0.4 is 0 Å². The molecule has 0 saturated heterocycles. The van der Waals surface area contributed by atoms with Crippen molar-refractivity contribution in [2.75, 3.05) is 6.61 Å². The summed E-state index contributed by atoms with van der Waals surface area (Å²) in [5, 5.41) is 29.4. The standard InChI is InChI=1S/C19H31NO4/c1-2-3-4-5-6-7-8-16-9-11-17(12-10-16)13-14-19(22)18(15-21)20(23)24/h9-12,18-19,21-22H,2-8,13-15H2,1H3. The average Bonchev–Trinajstić information content (AvgIpc) is 2.57. The third-order valence-electron chi connectivity index (χ3n) is 4.47. The summed E-state index contributed by atoms with van der Waals surface area (Å²) in [5.74, 6) is 0. The molecule has 5 nitrogen and oxygen atoms in total. The van der Waals surface area contributed by atoms with Crippen LogP contribution in [0.4, 0.5) is 0 Å². The average molecular weight is 337 g/mol. The van der Waals surface area contributed by atoms with Gasteiger partial charge >= 0.3 is 0 Å². The van der Waals surface area contributed by atoms with E-state index in [0.717, 1.165) is 12.0 Å². The molecule has 2 unspecified atom stereocenters. The van der Waals surface area contributed by atoms with Gasteiger partial charge in [-0.3, -0.25) is 10.1 Å². The van der Waals surface area contributed by atoms with Crippen LogP contribution in [-0.2, 0) is 12.8 Å². The van der Waals surface area contributed by atoms with Crippen LogP contribution in [0.3, 0.4) is 0 Å². The van der Waals surface area contributed by atoms with E-state index in [-0.39, 0.29) is 6.42 Å². The lowest BCUT2D eigenvalue weighted by Gasteiger charge is -2.14. The highest BCUT2D eigenvalue weighted by atomic mass is 16.6. The maximum Gasteiger partial charge on any atom is 0.261 e. The summed E-state index contributed by atoms with van der Waals surface area (Å²) in [6.45, 7) is 1.59. The van der Waals surface area contributed by atoms with Gasteiger partial charge in [-0.25, -0.2) is 0 Å². The summed E-state index contributed by atoms with van der Waals surface area (Å²) in [7, 11) is 0. The summed E-state index contributed by atoms with van der Waals surface area (Å²) in [5.41, 5.74) is 2.37. The second-order valence-corrected chi connectivity index (χ2v) is 6.48. The van der Waals surface area contributed by atoms with Crippen molar-refractivity contribution >= 4 is 0 Å². The number of aryl methyl sites for hydroxylation is 2. The second-order valence-electron chi connectivity index (χ2n) is 6.48. The summed E-state index contributed by atoms with van der Waals surface area (Å²) < 4.78 is 0. The monoisotopic (exact) mass is 337 g/mol. The molecule has 0 aromatic heterocycles. The van der Waals surface area contributed by atoms with Crippen molar-refractivity contribution in [2.45, 2.75) is 76.9 Å². The van der Waals surface area contributed by atoms with Crippen molar-refractivity contribution < 1.29 is 15.1 Å². The first kappa shape index (κ1) is 20.6. The number of aliphatic hydroxyl groups is 2. The molecule has 0 aliphatic heterocycles. The molecule has 0 bridgehead atoms. The van der Waals surface area contributed by atoms with Crippen molar-refractivity contribution in [1.29, 1.82) is 0 Å². The molecule has 0 spiro atoms. The number of nitrogens with zero attached hydrogens (tertiary/aromatic N) is 1. The molecule has 5 heteroatoms. The topological polar surface area (TPSA) is 83.6 Å². The molecule has 0 aliphatic carbocycles. The highest BCUT2D eigenvalue weighted by Crippen LogP contribution is 2.13. The molecular weight excluding hydrogens is 306 g/mol.